The highest BCUT2D eigenvalue weighted by molar-refractivity contribution is 4.92. The summed E-state index contributed by atoms with van der Waals surface area (Å²) in [6.45, 7) is 15.7. The number of rotatable bonds is 9. The van der Waals surface area contributed by atoms with Gasteiger partial charge < -0.3 is 14.8 Å². The monoisotopic (exact) mass is 299 g/mol. The molecule has 1 fully saturated rings. The normalized spacial score (nSPS) is 27.0. The van der Waals surface area contributed by atoms with Crippen molar-refractivity contribution >= 4 is 0 Å². The van der Waals surface area contributed by atoms with E-state index in [0.717, 1.165) is 45.2 Å². The minimum Gasteiger partial charge on any atom is -0.379 e. The first kappa shape index (κ1) is 18.9. The van der Waals surface area contributed by atoms with Gasteiger partial charge in [-0.2, -0.15) is 0 Å². The standard InChI is InChI=1S/C18H37NO2/c1-6-12-20-13-14-21-18(15-19-7-2)10-8-16(9-11-18)17(3,4)5/h16,19H,6-15H2,1-5H3. The molecule has 0 radical (unpaired) electrons. The van der Waals surface area contributed by atoms with Gasteiger partial charge in [0, 0.05) is 13.2 Å². The summed E-state index contributed by atoms with van der Waals surface area (Å²) >= 11 is 0. The number of ether oxygens (including phenoxy) is 2. The van der Waals surface area contributed by atoms with E-state index in [2.05, 4.69) is 39.9 Å². The van der Waals surface area contributed by atoms with Crippen molar-refractivity contribution in [2.24, 2.45) is 11.3 Å². The maximum Gasteiger partial charge on any atom is 0.0807 e. The van der Waals surface area contributed by atoms with Crippen LogP contribution in [0, 0.1) is 11.3 Å². The van der Waals surface area contributed by atoms with Crippen LogP contribution in [-0.2, 0) is 9.47 Å². The highest BCUT2D eigenvalue weighted by Crippen LogP contribution is 2.42. The maximum atomic E-state index is 6.29. The van der Waals surface area contributed by atoms with Gasteiger partial charge in [0.05, 0.1) is 18.8 Å². The molecule has 0 bridgehead atoms. The van der Waals surface area contributed by atoms with Gasteiger partial charge in [-0.25, -0.2) is 0 Å². The Hall–Kier alpha value is -0.120. The Morgan fingerprint density at radius 1 is 1.05 bits per heavy atom. The lowest BCUT2D eigenvalue weighted by Gasteiger charge is -2.44. The van der Waals surface area contributed by atoms with Crippen LogP contribution in [0.5, 0.6) is 0 Å². The molecule has 1 aliphatic carbocycles. The van der Waals surface area contributed by atoms with Crippen molar-refractivity contribution in [3.8, 4) is 0 Å². The molecule has 0 aromatic carbocycles. The summed E-state index contributed by atoms with van der Waals surface area (Å²) in [5, 5.41) is 3.50. The van der Waals surface area contributed by atoms with Crippen molar-refractivity contribution < 1.29 is 9.47 Å². The lowest BCUT2D eigenvalue weighted by molar-refractivity contribution is -0.0987. The molecular formula is C18H37NO2. The van der Waals surface area contributed by atoms with Crippen molar-refractivity contribution in [1.29, 1.82) is 0 Å². The zero-order chi connectivity index (χ0) is 15.8. The summed E-state index contributed by atoms with van der Waals surface area (Å²) in [5.41, 5.74) is 0.460. The van der Waals surface area contributed by atoms with Gasteiger partial charge in [-0.3, -0.25) is 0 Å². The first-order valence-corrected chi connectivity index (χ1v) is 8.86. The van der Waals surface area contributed by atoms with E-state index < -0.39 is 0 Å². The molecule has 0 spiro atoms. The predicted octanol–water partition coefficient (Wildman–Crippen LogP) is 4.01. The molecule has 21 heavy (non-hydrogen) atoms. The molecule has 1 saturated carbocycles. The van der Waals surface area contributed by atoms with Crippen molar-refractivity contribution in [2.75, 3.05) is 32.9 Å². The summed E-state index contributed by atoms with van der Waals surface area (Å²) in [7, 11) is 0. The zero-order valence-corrected chi connectivity index (χ0v) is 15.0. The topological polar surface area (TPSA) is 30.5 Å². The van der Waals surface area contributed by atoms with Crippen LogP contribution in [0.2, 0.25) is 0 Å². The van der Waals surface area contributed by atoms with Crippen molar-refractivity contribution in [2.45, 2.75) is 72.3 Å². The fourth-order valence-corrected chi connectivity index (χ4v) is 3.30. The fraction of sp³-hybridized carbons (Fsp3) is 1.00. The molecular weight excluding hydrogens is 262 g/mol. The molecule has 3 heteroatoms. The summed E-state index contributed by atoms with van der Waals surface area (Å²) in [5.74, 6) is 0.826. The van der Waals surface area contributed by atoms with E-state index in [-0.39, 0.29) is 5.60 Å². The zero-order valence-electron chi connectivity index (χ0n) is 15.0. The Kier molecular flexibility index (Phi) is 8.22. The molecule has 126 valence electrons. The second kappa shape index (κ2) is 9.12. The van der Waals surface area contributed by atoms with Gasteiger partial charge in [0.1, 0.15) is 0 Å². The number of nitrogens with one attached hydrogen (secondary N) is 1. The van der Waals surface area contributed by atoms with Crippen LogP contribution in [0.15, 0.2) is 0 Å². The summed E-state index contributed by atoms with van der Waals surface area (Å²) < 4.78 is 11.8. The molecule has 0 aromatic heterocycles. The molecule has 1 aliphatic rings. The predicted molar refractivity (Wildman–Crippen MR) is 89.7 cm³/mol. The number of hydrogen-bond donors (Lipinski definition) is 1. The van der Waals surface area contributed by atoms with E-state index in [1.807, 2.05) is 0 Å². The molecule has 0 unspecified atom stereocenters. The lowest BCUT2D eigenvalue weighted by atomic mass is 9.68. The van der Waals surface area contributed by atoms with Gasteiger partial charge in [-0.15, -0.1) is 0 Å². The maximum absolute atomic E-state index is 6.29. The Balaban J connectivity index is 2.45. The van der Waals surface area contributed by atoms with Crippen LogP contribution in [0.1, 0.15) is 66.7 Å². The molecule has 3 nitrogen and oxygen atoms in total. The smallest absolute Gasteiger partial charge is 0.0807 e. The Labute approximate surface area is 132 Å². The average Bonchev–Trinajstić information content (AvgIpc) is 2.45. The second-order valence-corrected chi connectivity index (χ2v) is 7.56. The number of likely N-dealkylation sites (N-methyl/N-ethyl adjacent to an activating group) is 1. The molecule has 1 N–H and O–H groups in total. The van der Waals surface area contributed by atoms with E-state index in [0.29, 0.717) is 5.41 Å². The molecule has 0 aliphatic heterocycles. The minimum atomic E-state index is 0.0351. The van der Waals surface area contributed by atoms with Crippen LogP contribution in [0.25, 0.3) is 0 Å². The summed E-state index contributed by atoms with van der Waals surface area (Å²) in [6.07, 6.45) is 6.00. The first-order valence-electron chi connectivity index (χ1n) is 8.86. The van der Waals surface area contributed by atoms with Gasteiger partial charge in [0.2, 0.25) is 0 Å². The van der Waals surface area contributed by atoms with Gasteiger partial charge in [-0.1, -0.05) is 34.6 Å². The fourth-order valence-electron chi connectivity index (χ4n) is 3.30. The van der Waals surface area contributed by atoms with Crippen LogP contribution in [0.4, 0.5) is 0 Å². The first-order chi connectivity index (χ1) is 9.93. The van der Waals surface area contributed by atoms with Crippen LogP contribution in [0.3, 0.4) is 0 Å². The second-order valence-electron chi connectivity index (χ2n) is 7.56. The van der Waals surface area contributed by atoms with Crippen molar-refractivity contribution in [3.63, 3.8) is 0 Å². The van der Waals surface area contributed by atoms with Crippen LogP contribution in [-0.4, -0.2) is 38.5 Å². The molecule has 0 saturated heterocycles. The molecule has 0 atom stereocenters. The third-order valence-corrected chi connectivity index (χ3v) is 4.80. The highest BCUT2D eigenvalue weighted by atomic mass is 16.5. The SMILES string of the molecule is CCCOCCOC1(CNCC)CCC(C(C)(C)C)CC1. The Morgan fingerprint density at radius 3 is 2.24 bits per heavy atom. The van der Waals surface area contributed by atoms with Gasteiger partial charge in [-0.05, 0) is 50.0 Å². The van der Waals surface area contributed by atoms with Gasteiger partial charge in [0.15, 0.2) is 0 Å². The minimum absolute atomic E-state index is 0.0351. The van der Waals surface area contributed by atoms with E-state index >= 15 is 0 Å². The van der Waals surface area contributed by atoms with Crippen molar-refractivity contribution in [3.05, 3.63) is 0 Å². The van der Waals surface area contributed by atoms with Crippen LogP contribution >= 0.6 is 0 Å². The summed E-state index contributed by atoms with van der Waals surface area (Å²) in [6, 6.07) is 0. The van der Waals surface area contributed by atoms with Crippen molar-refractivity contribution in [1.82, 2.24) is 5.32 Å². The van der Waals surface area contributed by atoms with Gasteiger partial charge in [0.25, 0.3) is 0 Å². The molecule has 1 rings (SSSR count). The van der Waals surface area contributed by atoms with Crippen LogP contribution < -0.4 is 5.32 Å². The van der Waals surface area contributed by atoms with E-state index in [1.165, 1.54) is 25.7 Å². The van der Waals surface area contributed by atoms with E-state index in [4.69, 9.17) is 9.47 Å². The summed E-state index contributed by atoms with van der Waals surface area (Å²) in [4.78, 5) is 0. The Bertz CT molecular complexity index is 265. The molecule has 0 heterocycles. The highest BCUT2D eigenvalue weighted by Gasteiger charge is 2.39. The average molecular weight is 299 g/mol. The van der Waals surface area contributed by atoms with E-state index in [9.17, 15) is 0 Å². The Morgan fingerprint density at radius 2 is 1.71 bits per heavy atom. The van der Waals surface area contributed by atoms with Gasteiger partial charge >= 0.3 is 0 Å². The third-order valence-electron chi connectivity index (χ3n) is 4.80. The largest absolute Gasteiger partial charge is 0.379 e. The quantitative estimate of drug-likeness (QED) is 0.652. The van der Waals surface area contributed by atoms with E-state index in [1.54, 1.807) is 0 Å². The number of hydrogen-bond acceptors (Lipinski definition) is 3. The lowest BCUT2D eigenvalue weighted by Crippen LogP contribution is -2.47. The molecule has 0 aromatic rings. The molecule has 0 amide bonds. The third kappa shape index (κ3) is 6.66.